The Morgan fingerprint density at radius 1 is 1.14 bits per heavy atom. The Morgan fingerprint density at radius 3 is 2.43 bits per heavy atom. The molecule has 1 unspecified atom stereocenters. The van der Waals surface area contributed by atoms with Crippen LogP contribution >= 0.6 is 0 Å². The normalized spacial score (nSPS) is 20.5. The quantitative estimate of drug-likeness (QED) is 0.809. The van der Waals surface area contributed by atoms with E-state index in [4.69, 9.17) is 0 Å². The first-order valence-corrected chi connectivity index (χ1v) is 11.5. The minimum absolute atomic E-state index is 0.204. The second kappa shape index (κ2) is 8.61. The molecule has 1 aromatic carbocycles. The predicted molar refractivity (Wildman–Crippen MR) is 108 cm³/mol. The lowest BCUT2D eigenvalue weighted by Gasteiger charge is -2.23. The Hall–Kier alpha value is -1.93. The summed E-state index contributed by atoms with van der Waals surface area (Å²) in [4.78, 5) is 26.4. The fourth-order valence-electron chi connectivity index (χ4n) is 3.98. The molecule has 0 aliphatic carbocycles. The molecule has 0 saturated carbocycles. The summed E-state index contributed by atoms with van der Waals surface area (Å²) in [6.45, 7) is 5.03. The summed E-state index contributed by atoms with van der Waals surface area (Å²) in [5.74, 6) is -0.427. The van der Waals surface area contributed by atoms with Crippen molar-refractivity contribution in [2.45, 2.75) is 63.3 Å². The van der Waals surface area contributed by atoms with Gasteiger partial charge in [-0.1, -0.05) is 19.8 Å². The van der Waals surface area contributed by atoms with E-state index in [1.54, 1.807) is 22.5 Å². The van der Waals surface area contributed by atoms with Crippen LogP contribution in [0.5, 0.6) is 0 Å². The number of carbonyl (C=O) groups is 2. The van der Waals surface area contributed by atoms with Gasteiger partial charge in [-0.2, -0.15) is 4.31 Å². The van der Waals surface area contributed by atoms with Crippen LogP contribution in [0.4, 0.5) is 5.69 Å². The van der Waals surface area contributed by atoms with Gasteiger partial charge in [0.25, 0.3) is 0 Å². The van der Waals surface area contributed by atoms with Gasteiger partial charge in [-0.25, -0.2) is 8.42 Å². The highest BCUT2D eigenvalue weighted by atomic mass is 32.2. The Morgan fingerprint density at radius 2 is 1.82 bits per heavy atom. The van der Waals surface area contributed by atoms with Crippen molar-refractivity contribution in [3.63, 3.8) is 0 Å². The molecule has 2 aliphatic rings. The molecule has 3 rings (SSSR count). The highest BCUT2D eigenvalue weighted by molar-refractivity contribution is 7.89. The first kappa shape index (κ1) is 20.8. The third-order valence-electron chi connectivity index (χ3n) is 5.43. The van der Waals surface area contributed by atoms with Crippen molar-refractivity contribution in [2.75, 3.05) is 24.5 Å². The zero-order valence-electron chi connectivity index (χ0n) is 16.6. The fraction of sp³-hybridized carbons (Fsp3) is 0.600. The van der Waals surface area contributed by atoms with Crippen LogP contribution in [0, 0.1) is 0 Å². The smallest absolute Gasteiger partial charge is 0.243 e. The largest absolute Gasteiger partial charge is 0.354 e. The summed E-state index contributed by atoms with van der Waals surface area (Å²) in [7, 11) is -3.57. The highest BCUT2D eigenvalue weighted by Gasteiger charge is 2.38. The first-order valence-electron chi connectivity index (χ1n) is 10.1. The number of rotatable bonds is 5. The topological polar surface area (TPSA) is 86.8 Å². The Balaban J connectivity index is 1.89. The van der Waals surface area contributed by atoms with E-state index in [2.05, 4.69) is 5.32 Å². The molecule has 2 aliphatic heterocycles. The number of hydrogen-bond donors (Lipinski definition) is 1. The molecular formula is C20H29N3O4S. The third-order valence-corrected chi connectivity index (χ3v) is 7.32. The number of nitrogens with one attached hydrogen (secondary N) is 1. The van der Waals surface area contributed by atoms with Crippen LogP contribution < -0.4 is 10.2 Å². The van der Waals surface area contributed by atoms with Gasteiger partial charge < -0.3 is 5.32 Å². The van der Waals surface area contributed by atoms with Gasteiger partial charge in [-0.3, -0.25) is 14.5 Å². The maximum Gasteiger partial charge on any atom is 0.243 e. The molecule has 2 amide bonds. The minimum Gasteiger partial charge on any atom is -0.354 e. The average molecular weight is 408 g/mol. The molecule has 154 valence electrons. The summed E-state index contributed by atoms with van der Waals surface area (Å²) >= 11 is 0. The molecule has 1 atom stereocenters. The molecule has 2 heterocycles. The fourth-order valence-corrected chi connectivity index (χ4v) is 5.55. The number of benzene rings is 1. The molecule has 1 N–H and O–H groups in total. The van der Waals surface area contributed by atoms with E-state index >= 15 is 0 Å². The van der Waals surface area contributed by atoms with Crippen molar-refractivity contribution in [3.8, 4) is 0 Å². The number of amides is 2. The highest BCUT2D eigenvalue weighted by Crippen LogP contribution is 2.35. The van der Waals surface area contributed by atoms with Crippen molar-refractivity contribution in [1.29, 1.82) is 0 Å². The van der Waals surface area contributed by atoms with Crippen molar-refractivity contribution in [2.24, 2.45) is 0 Å². The Labute approximate surface area is 167 Å². The molecule has 1 fully saturated rings. The zero-order chi connectivity index (χ0) is 20.3. The van der Waals surface area contributed by atoms with E-state index in [1.807, 2.05) is 6.92 Å². The minimum atomic E-state index is -3.57. The van der Waals surface area contributed by atoms with Gasteiger partial charge in [0.2, 0.25) is 21.8 Å². The van der Waals surface area contributed by atoms with Gasteiger partial charge in [-0.15, -0.1) is 0 Å². The third kappa shape index (κ3) is 4.07. The molecule has 0 bridgehead atoms. The van der Waals surface area contributed by atoms with E-state index in [1.165, 1.54) is 11.8 Å². The number of anilines is 1. The molecule has 1 aromatic rings. The van der Waals surface area contributed by atoms with Crippen LogP contribution in [0.2, 0.25) is 0 Å². The van der Waals surface area contributed by atoms with Crippen molar-refractivity contribution in [3.05, 3.63) is 23.8 Å². The van der Waals surface area contributed by atoms with Gasteiger partial charge >= 0.3 is 0 Å². The molecular weight excluding hydrogens is 378 g/mol. The van der Waals surface area contributed by atoms with E-state index < -0.39 is 16.1 Å². The Kier molecular flexibility index (Phi) is 6.40. The van der Waals surface area contributed by atoms with Crippen molar-refractivity contribution in [1.82, 2.24) is 9.62 Å². The number of nitrogens with zero attached hydrogens (tertiary/aromatic N) is 2. The van der Waals surface area contributed by atoms with E-state index in [0.29, 0.717) is 31.7 Å². The zero-order valence-corrected chi connectivity index (χ0v) is 17.4. The molecule has 0 spiro atoms. The summed E-state index contributed by atoms with van der Waals surface area (Å²) in [5.41, 5.74) is 1.35. The Bertz CT molecular complexity index is 845. The maximum atomic E-state index is 13.1. The maximum absolute atomic E-state index is 13.1. The first-order chi connectivity index (χ1) is 13.4. The lowest BCUT2D eigenvalue weighted by atomic mass is 10.1. The van der Waals surface area contributed by atoms with E-state index in [-0.39, 0.29) is 16.7 Å². The van der Waals surface area contributed by atoms with Crippen molar-refractivity contribution >= 4 is 27.5 Å². The summed E-state index contributed by atoms with van der Waals surface area (Å²) < 4.78 is 27.7. The summed E-state index contributed by atoms with van der Waals surface area (Å²) in [5, 5.41) is 2.84. The molecule has 0 aromatic heterocycles. The lowest BCUT2D eigenvalue weighted by Crippen LogP contribution is -2.47. The number of sulfonamides is 1. The SMILES string of the molecule is CCCNC(=O)C1Cc2cc(S(=O)(=O)N3CCCCCC3)ccc2N1C(C)=O. The molecule has 28 heavy (non-hydrogen) atoms. The van der Waals surface area contributed by atoms with Crippen LogP contribution in [0.15, 0.2) is 23.1 Å². The van der Waals surface area contributed by atoms with Gasteiger partial charge in [-0.05, 0) is 43.0 Å². The predicted octanol–water partition coefficient (Wildman–Crippen LogP) is 2.06. The van der Waals surface area contributed by atoms with Gasteiger partial charge in [0.05, 0.1) is 4.90 Å². The van der Waals surface area contributed by atoms with Gasteiger partial charge in [0, 0.05) is 38.7 Å². The van der Waals surface area contributed by atoms with Crippen LogP contribution in [-0.2, 0) is 26.0 Å². The summed E-state index contributed by atoms with van der Waals surface area (Å²) in [6, 6.07) is 4.23. The molecule has 7 nitrogen and oxygen atoms in total. The van der Waals surface area contributed by atoms with Crippen molar-refractivity contribution < 1.29 is 18.0 Å². The van der Waals surface area contributed by atoms with Crippen LogP contribution in [-0.4, -0.2) is 50.2 Å². The molecule has 1 saturated heterocycles. The second-order valence-electron chi connectivity index (χ2n) is 7.51. The average Bonchev–Trinajstić information content (AvgIpc) is 2.84. The monoisotopic (exact) mass is 407 g/mol. The number of fused-ring (bicyclic) bond motifs is 1. The van der Waals surface area contributed by atoms with Gasteiger partial charge in [0.1, 0.15) is 6.04 Å². The van der Waals surface area contributed by atoms with Crippen LogP contribution in [0.1, 0.15) is 51.5 Å². The van der Waals surface area contributed by atoms with E-state index in [0.717, 1.165) is 37.7 Å². The molecule has 8 heteroatoms. The lowest BCUT2D eigenvalue weighted by molar-refractivity contribution is -0.125. The van der Waals surface area contributed by atoms with E-state index in [9.17, 15) is 18.0 Å². The van der Waals surface area contributed by atoms with Gasteiger partial charge in [0.15, 0.2) is 0 Å². The van der Waals surface area contributed by atoms with Crippen LogP contribution in [0.25, 0.3) is 0 Å². The van der Waals surface area contributed by atoms with Crippen LogP contribution in [0.3, 0.4) is 0 Å². The number of carbonyl (C=O) groups excluding carboxylic acids is 2. The number of hydrogen-bond acceptors (Lipinski definition) is 4. The second-order valence-corrected chi connectivity index (χ2v) is 9.45. The standard InChI is InChI=1S/C20H29N3O4S/c1-3-10-21-20(25)19-14-16-13-17(8-9-18(16)23(19)15(2)24)28(26,27)22-11-6-4-5-7-12-22/h8-9,13,19H,3-7,10-12,14H2,1-2H3,(H,21,25). The molecule has 0 radical (unpaired) electrons. The summed E-state index contributed by atoms with van der Waals surface area (Å²) in [6.07, 6.45) is 5.00.